The third-order valence-corrected chi connectivity index (χ3v) is 1.71. The van der Waals surface area contributed by atoms with Gasteiger partial charge in [-0.1, -0.05) is 0 Å². The number of hydrogen-bond donors (Lipinski definition) is 2. The number of nitrogens with one attached hydrogen (secondary N) is 1. The van der Waals surface area contributed by atoms with Crippen LogP contribution in [0.25, 0.3) is 0 Å². The zero-order chi connectivity index (χ0) is 11.1. The van der Waals surface area contributed by atoms with Gasteiger partial charge >= 0.3 is 0 Å². The molecule has 0 aliphatic rings. The Hall–Kier alpha value is -1.62. The van der Waals surface area contributed by atoms with E-state index in [-0.39, 0.29) is 6.61 Å². The minimum atomic E-state index is -0.455. The minimum absolute atomic E-state index is 0.0388. The van der Waals surface area contributed by atoms with Crippen molar-refractivity contribution in [3.05, 3.63) is 23.9 Å². The Kier molecular flexibility index (Phi) is 4.56. The van der Waals surface area contributed by atoms with Gasteiger partial charge in [0.25, 0.3) is 0 Å². The van der Waals surface area contributed by atoms with Crippen molar-refractivity contribution in [3.8, 4) is 0 Å². The molecule has 1 aromatic rings. The fraction of sp³-hybridized carbons (Fsp3) is 0.400. The normalized spacial score (nSPS) is 9.93. The monoisotopic (exact) mass is 209 g/mol. The molecule has 0 fully saturated rings. The number of carbonyl (C=O) groups excluding carboxylic acids is 1. The Labute approximate surface area is 88.6 Å². The van der Waals surface area contributed by atoms with Gasteiger partial charge < -0.3 is 15.8 Å². The molecule has 0 bridgehead atoms. The molecule has 1 heterocycles. The molecular weight excluding hydrogens is 194 g/mol. The van der Waals surface area contributed by atoms with Crippen molar-refractivity contribution >= 4 is 11.7 Å². The Morgan fingerprint density at radius 1 is 1.67 bits per heavy atom. The van der Waals surface area contributed by atoms with Gasteiger partial charge in [0.05, 0.1) is 6.61 Å². The summed E-state index contributed by atoms with van der Waals surface area (Å²) in [6.45, 7) is 2.99. The number of hydrogen-bond acceptors (Lipinski definition) is 4. The molecule has 0 spiro atoms. The molecule has 82 valence electrons. The highest BCUT2D eigenvalue weighted by Gasteiger charge is 1.95. The van der Waals surface area contributed by atoms with E-state index < -0.39 is 5.91 Å². The molecule has 1 rings (SSSR count). The predicted molar refractivity (Wildman–Crippen MR) is 57.5 cm³/mol. The average molecular weight is 209 g/mol. The van der Waals surface area contributed by atoms with Crippen molar-refractivity contribution in [3.63, 3.8) is 0 Å². The zero-order valence-electron chi connectivity index (χ0n) is 8.69. The lowest BCUT2D eigenvalue weighted by atomic mass is 10.3. The van der Waals surface area contributed by atoms with Gasteiger partial charge in [-0.2, -0.15) is 0 Å². The van der Waals surface area contributed by atoms with Crippen molar-refractivity contribution in [1.82, 2.24) is 4.98 Å². The topological polar surface area (TPSA) is 77.2 Å². The molecule has 0 aliphatic heterocycles. The Morgan fingerprint density at radius 3 is 3.13 bits per heavy atom. The van der Waals surface area contributed by atoms with Gasteiger partial charge in [0.2, 0.25) is 5.91 Å². The molecule has 0 aromatic carbocycles. The maximum Gasteiger partial charge on any atom is 0.243 e. The van der Waals surface area contributed by atoms with Crippen LogP contribution in [0.1, 0.15) is 5.56 Å². The van der Waals surface area contributed by atoms with Crippen LogP contribution in [0.5, 0.6) is 0 Å². The molecule has 1 amide bonds. The number of nitrogens with two attached hydrogens (primary N) is 1. The number of nitrogens with zero attached hydrogens (tertiary/aromatic N) is 1. The predicted octanol–water partition coefficient (Wildman–Crippen LogP) is 0.304. The molecule has 15 heavy (non-hydrogen) atoms. The zero-order valence-corrected chi connectivity index (χ0v) is 8.69. The van der Waals surface area contributed by atoms with E-state index in [2.05, 4.69) is 10.3 Å². The summed E-state index contributed by atoms with van der Waals surface area (Å²) in [5.41, 5.74) is 6.05. The number of aryl methyl sites for hydroxylation is 1. The number of rotatable bonds is 6. The van der Waals surface area contributed by atoms with E-state index in [0.717, 1.165) is 11.4 Å². The van der Waals surface area contributed by atoms with Gasteiger partial charge in [-0.05, 0) is 24.6 Å². The molecule has 0 saturated heterocycles. The number of pyridine rings is 1. The first-order chi connectivity index (χ1) is 7.18. The number of amides is 1. The smallest absolute Gasteiger partial charge is 0.243 e. The molecule has 3 N–H and O–H groups in total. The van der Waals surface area contributed by atoms with Crippen molar-refractivity contribution in [2.24, 2.45) is 5.73 Å². The first-order valence-electron chi connectivity index (χ1n) is 4.71. The van der Waals surface area contributed by atoms with E-state index in [1.807, 2.05) is 19.1 Å². The maximum absolute atomic E-state index is 10.3. The Balaban J connectivity index is 2.17. The van der Waals surface area contributed by atoms with Crippen molar-refractivity contribution in [2.45, 2.75) is 6.92 Å². The number of primary amides is 1. The van der Waals surface area contributed by atoms with Crippen LogP contribution < -0.4 is 11.1 Å². The molecule has 5 nitrogen and oxygen atoms in total. The summed E-state index contributed by atoms with van der Waals surface area (Å²) in [6, 6.07) is 3.86. The van der Waals surface area contributed by atoms with Gasteiger partial charge in [0.1, 0.15) is 12.4 Å². The standard InChI is InChI=1S/C10H15N3O2/c1-8-2-3-12-10(6-8)13-4-5-15-7-9(11)14/h2-3,6H,4-5,7H2,1H3,(H2,11,14)(H,12,13). The summed E-state index contributed by atoms with van der Waals surface area (Å²) in [5, 5.41) is 3.07. The SMILES string of the molecule is Cc1ccnc(NCCOCC(N)=O)c1. The van der Waals surface area contributed by atoms with E-state index in [1.54, 1.807) is 6.20 Å². The number of anilines is 1. The molecular formula is C10H15N3O2. The van der Waals surface area contributed by atoms with Crippen LogP contribution in [0.4, 0.5) is 5.82 Å². The minimum Gasteiger partial charge on any atom is -0.370 e. The van der Waals surface area contributed by atoms with Crippen LogP contribution in [0.15, 0.2) is 18.3 Å². The van der Waals surface area contributed by atoms with Gasteiger partial charge in [-0.3, -0.25) is 4.79 Å². The van der Waals surface area contributed by atoms with Gasteiger partial charge in [0.15, 0.2) is 0 Å². The van der Waals surface area contributed by atoms with Crippen molar-refractivity contribution in [1.29, 1.82) is 0 Å². The van der Waals surface area contributed by atoms with Crippen LogP contribution in [0, 0.1) is 6.92 Å². The lowest BCUT2D eigenvalue weighted by Crippen LogP contribution is -2.20. The highest BCUT2D eigenvalue weighted by Crippen LogP contribution is 2.04. The third kappa shape index (κ3) is 4.97. The highest BCUT2D eigenvalue weighted by atomic mass is 16.5. The molecule has 1 aromatic heterocycles. The van der Waals surface area contributed by atoms with E-state index in [0.29, 0.717) is 13.2 Å². The molecule has 0 unspecified atom stereocenters. The van der Waals surface area contributed by atoms with Gasteiger partial charge in [-0.25, -0.2) is 4.98 Å². The van der Waals surface area contributed by atoms with E-state index in [4.69, 9.17) is 10.5 Å². The van der Waals surface area contributed by atoms with Crippen LogP contribution in [0.2, 0.25) is 0 Å². The first kappa shape index (κ1) is 11.5. The molecule has 0 saturated carbocycles. The summed E-state index contributed by atoms with van der Waals surface area (Å²) >= 11 is 0. The molecule has 0 radical (unpaired) electrons. The number of aromatic nitrogens is 1. The fourth-order valence-electron chi connectivity index (χ4n) is 1.06. The summed E-state index contributed by atoms with van der Waals surface area (Å²) in [4.78, 5) is 14.5. The summed E-state index contributed by atoms with van der Waals surface area (Å²) in [7, 11) is 0. The van der Waals surface area contributed by atoms with Crippen molar-refractivity contribution < 1.29 is 9.53 Å². The summed E-state index contributed by atoms with van der Waals surface area (Å²) in [6.07, 6.45) is 1.74. The molecule has 0 aliphatic carbocycles. The average Bonchev–Trinajstić information content (AvgIpc) is 2.17. The Morgan fingerprint density at radius 2 is 2.47 bits per heavy atom. The molecule has 5 heteroatoms. The van der Waals surface area contributed by atoms with E-state index in [9.17, 15) is 4.79 Å². The number of ether oxygens (including phenoxy) is 1. The largest absolute Gasteiger partial charge is 0.370 e. The second-order valence-corrected chi connectivity index (χ2v) is 3.16. The van der Waals surface area contributed by atoms with Crippen molar-refractivity contribution in [2.75, 3.05) is 25.1 Å². The lowest BCUT2D eigenvalue weighted by molar-refractivity contribution is -0.122. The second-order valence-electron chi connectivity index (χ2n) is 3.16. The first-order valence-corrected chi connectivity index (χ1v) is 4.71. The van der Waals surface area contributed by atoms with Gasteiger partial charge in [-0.15, -0.1) is 0 Å². The fourth-order valence-corrected chi connectivity index (χ4v) is 1.06. The quantitative estimate of drug-likeness (QED) is 0.661. The van der Waals surface area contributed by atoms with Crippen LogP contribution >= 0.6 is 0 Å². The second kappa shape index (κ2) is 5.98. The maximum atomic E-state index is 10.3. The van der Waals surface area contributed by atoms with E-state index in [1.165, 1.54) is 0 Å². The van der Waals surface area contributed by atoms with E-state index >= 15 is 0 Å². The van der Waals surface area contributed by atoms with Gasteiger partial charge in [0, 0.05) is 12.7 Å². The third-order valence-electron chi connectivity index (χ3n) is 1.71. The number of carbonyl (C=O) groups is 1. The van der Waals surface area contributed by atoms with Crippen LogP contribution in [-0.4, -0.2) is 30.6 Å². The van der Waals surface area contributed by atoms with Crippen LogP contribution in [0.3, 0.4) is 0 Å². The van der Waals surface area contributed by atoms with Crippen LogP contribution in [-0.2, 0) is 9.53 Å². The summed E-state index contributed by atoms with van der Waals surface area (Å²) < 4.78 is 4.98. The Bertz CT molecular complexity index is 328. The highest BCUT2D eigenvalue weighted by molar-refractivity contribution is 5.74. The lowest BCUT2D eigenvalue weighted by Gasteiger charge is -2.05. The molecule has 0 atom stereocenters. The summed E-state index contributed by atoms with van der Waals surface area (Å²) in [5.74, 6) is 0.348.